The van der Waals surface area contributed by atoms with Gasteiger partial charge in [0, 0.05) is 23.9 Å². The van der Waals surface area contributed by atoms with Crippen LogP contribution in [0.4, 0.5) is 0 Å². The Hall–Kier alpha value is -2.58. The summed E-state index contributed by atoms with van der Waals surface area (Å²) in [6.07, 6.45) is 5.10. The molecule has 46 heavy (non-hydrogen) atoms. The first-order valence-corrected chi connectivity index (χ1v) is 15.9. The van der Waals surface area contributed by atoms with E-state index in [-0.39, 0.29) is 75.2 Å². The molecule has 0 aliphatic heterocycles. The van der Waals surface area contributed by atoms with Crippen LogP contribution >= 0.6 is 0 Å². The summed E-state index contributed by atoms with van der Waals surface area (Å²) in [7, 11) is 0. The van der Waals surface area contributed by atoms with Crippen LogP contribution in [0.3, 0.4) is 0 Å². The zero-order valence-electron chi connectivity index (χ0n) is 27.6. The quantitative estimate of drug-likeness (QED) is 0.225. The number of ether oxygens (including phenoxy) is 1. The largest absolute Gasteiger partial charge is 1.00 e. The summed E-state index contributed by atoms with van der Waals surface area (Å²) >= 11 is 0. The molecule has 1 unspecified atom stereocenters. The summed E-state index contributed by atoms with van der Waals surface area (Å²) in [5.41, 5.74) is 4.71. The third-order valence-corrected chi connectivity index (χ3v) is 9.01. The summed E-state index contributed by atoms with van der Waals surface area (Å²) in [5, 5.41) is 30.5. The maximum Gasteiger partial charge on any atom is 1.00 e. The third-order valence-electron chi connectivity index (χ3n) is 9.01. The Morgan fingerprint density at radius 2 is 1.76 bits per heavy atom. The first-order valence-electron chi connectivity index (χ1n) is 15.9. The van der Waals surface area contributed by atoms with Gasteiger partial charge in [0.25, 0.3) is 5.56 Å². The van der Waals surface area contributed by atoms with Crippen LogP contribution in [-0.2, 0) is 17.6 Å². The number of fused-ring (bicyclic) bond motifs is 1. The Morgan fingerprint density at radius 3 is 2.39 bits per heavy atom. The summed E-state index contributed by atoms with van der Waals surface area (Å²) < 4.78 is 9.99. The number of rotatable bonds is 10. The average molecular weight is 649 g/mol. The Kier molecular flexibility index (Phi) is 11.1. The number of nitrogens with zero attached hydrogens (tertiary/aromatic N) is 8. The van der Waals surface area contributed by atoms with Crippen LogP contribution in [-0.4, -0.2) is 57.6 Å². The molecule has 3 heterocycles. The van der Waals surface area contributed by atoms with Crippen molar-refractivity contribution in [1.29, 1.82) is 0 Å². The number of hydrogen-bond acceptors (Lipinski definition) is 8. The normalized spacial score (nSPS) is 17.6. The molecule has 1 aliphatic rings. The number of hydrogen-bond donors (Lipinski definition) is 1. The van der Waals surface area contributed by atoms with Gasteiger partial charge in [-0.15, -0.1) is 0 Å². The summed E-state index contributed by atoms with van der Waals surface area (Å²) in [6, 6.07) is 16.2. The van der Waals surface area contributed by atoms with Crippen molar-refractivity contribution in [2.45, 2.75) is 103 Å². The van der Waals surface area contributed by atoms with Gasteiger partial charge in [-0.1, -0.05) is 61.9 Å². The smallest absolute Gasteiger partial charge is 0.388 e. The zero-order valence-corrected chi connectivity index (χ0v) is 30.8. The van der Waals surface area contributed by atoms with E-state index in [0.29, 0.717) is 23.8 Å². The van der Waals surface area contributed by atoms with Gasteiger partial charge in [-0.05, 0) is 82.1 Å². The maximum atomic E-state index is 14.4. The Morgan fingerprint density at radius 1 is 1.07 bits per heavy atom. The number of benzene rings is 2. The van der Waals surface area contributed by atoms with Gasteiger partial charge in [-0.2, -0.15) is 15.3 Å². The molecule has 3 aromatic heterocycles. The molecule has 5 aromatic rings. The van der Waals surface area contributed by atoms with Gasteiger partial charge < -0.3 is 14.9 Å². The third kappa shape index (κ3) is 7.28. The molecule has 11 nitrogen and oxygen atoms in total. The molecule has 0 radical (unpaired) electrons. The molecule has 1 N–H and O–H groups in total. The molecule has 2 aromatic carbocycles. The summed E-state index contributed by atoms with van der Waals surface area (Å²) in [6.45, 7) is 9.45. The van der Waals surface area contributed by atoms with Crippen LogP contribution in [0, 0.1) is 6.92 Å². The molecule has 1 aliphatic carbocycles. The molecule has 6 rings (SSSR count). The molecule has 1 saturated carbocycles. The van der Waals surface area contributed by atoms with Crippen LogP contribution in [0.1, 0.15) is 88.5 Å². The number of aromatic nitrogens is 8. The first-order chi connectivity index (χ1) is 21.6. The SMILES string of the molecule is CCCc1c(Cc2ccc(-c3ccccc3-c3nnn[n-]3)cc2)c(=O)n(C2CCC(OC(C)C(C)(C)O)CC2)c2nc(C)nn12.[K+]. The van der Waals surface area contributed by atoms with E-state index in [1.54, 1.807) is 13.8 Å². The van der Waals surface area contributed by atoms with Crippen molar-refractivity contribution in [3.8, 4) is 22.5 Å². The fourth-order valence-corrected chi connectivity index (χ4v) is 6.31. The van der Waals surface area contributed by atoms with Crippen LogP contribution in [0.2, 0.25) is 0 Å². The van der Waals surface area contributed by atoms with Gasteiger partial charge in [-0.25, -0.2) is 4.52 Å². The average Bonchev–Trinajstić information content (AvgIpc) is 3.70. The van der Waals surface area contributed by atoms with E-state index in [2.05, 4.69) is 51.8 Å². The Balaban J connectivity index is 0.00000417. The van der Waals surface area contributed by atoms with Crippen LogP contribution < -0.4 is 62.0 Å². The number of aryl methyl sites for hydroxylation is 2. The molecule has 0 spiro atoms. The summed E-state index contributed by atoms with van der Waals surface area (Å²) in [4.78, 5) is 19.2. The van der Waals surface area contributed by atoms with E-state index < -0.39 is 5.60 Å². The van der Waals surface area contributed by atoms with Crippen molar-refractivity contribution in [3.63, 3.8) is 0 Å². The Bertz CT molecular complexity index is 1820. The standard InChI is InChI=1S/C34H41N8O3.K/c1-6-9-30-29(20-23-12-14-24(15-13-23)27-10-7-8-11-28(27)31-36-39-40-37-31)32(43)41(33-35-22(3)38-42(30)33)25-16-18-26(19-17-25)45-21(2)34(4,5)44;/h7-8,10-15,21,25-26,44H,6,9,16-20H2,1-5H3;/q-1;+1. The minimum Gasteiger partial charge on any atom is -0.388 e. The molecule has 0 amide bonds. The van der Waals surface area contributed by atoms with E-state index >= 15 is 0 Å². The minimum atomic E-state index is -0.905. The molecular weight excluding hydrogens is 608 g/mol. The van der Waals surface area contributed by atoms with E-state index in [0.717, 1.165) is 72.0 Å². The van der Waals surface area contributed by atoms with Gasteiger partial charge in [-0.3, -0.25) is 19.7 Å². The van der Waals surface area contributed by atoms with Gasteiger partial charge in [0.05, 0.1) is 23.5 Å². The zero-order chi connectivity index (χ0) is 31.7. The van der Waals surface area contributed by atoms with Crippen molar-refractivity contribution in [1.82, 2.24) is 39.8 Å². The van der Waals surface area contributed by atoms with Crippen molar-refractivity contribution < 1.29 is 61.2 Å². The van der Waals surface area contributed by atoms with Crippen LogP contribution in [0.25, 0.3) is 28.3 Å². The fourth-order valence-electron chi connectivity index (χ4n) is 6.31. The van der Waals surface area contributed by atoms with Crippen molar-refractivity contribution in [2.75, 3.05) is 0 Å². The molecule has 12 heteroatoms. The second kappa shape index (κ2) is 14.7. The molecular formula is C34H41KN8O3. The topological polar surface area (TPSA) is 134 Å². The van der Waals surface area contributed by atoms with Gasteiger partial charge >= 0.3 is 51.4 Å². The fraction of sp³-hybridized carbons (Fsp3) is 0.471. The predicted molar refractivity (Wildman–Crippen MR) is 171 cm³/mol. The van der Waals surface area contributed by atoms with Gasteiger partial charge in [0.15, 0.2) is 0 Å². The predicted octanol–water partition coefficient (Wildman–Crippen LogP) is 1.88. The van der Waals surface area contributed by atoms with Gasteiger partial charge in [0.1, 0.15) is 5.82 Å². The van der Waals surface area contributed by atoms with Crippen LogP contribution in [0.15, 0.2) is 53.3 Å². The van der Waals surface area contributed by atoms with Crippen molar-refractivity contribution in [2.24, 2.45) is 0 Å². The monoisotopic (exact) mass is 648 g/mol. The van der Waals surface area contributed by atoms with E-state index in [1.165, 1.54) is 0 Å². The van der Waals surface area contributed by atoms with Crippen molar-refractivity contribution >= 4 is 5.78 Å². The molecule has 1 fully saturated rings. The van der Waals surface area contributed by atoms with E-state index in [1.807, 2.05) is 47.2 Å². The van der Waals surface area contributed by atoms with E-state index in [4.69, 9.17) is 14.8 Å². The minimum absolute atomic E-state index is 0. The molecule has 0 bridgehead atoms. The summed E-state index contributed by atoms with van der Waals surface area (Å²) in [5.74, 6) is 1.75. The Labute approximate surface area is 311 Å². The molecule has 1 atom stereocenters. The number of tetrazole rings is 1. The van der Waals surface area contributed by atoms with Crippen LogP contribution in [0.5, 0.6) is 0 Å². The number of aliphatic hydroxyl groups is 1. The molecule has 0 saturated heterocycles. The molecule has 236 valence electrons. The second-order valence-corrected chi connectivity index (χ2v) is 12.7. The maximum absolute atomic E-state index is 14.4. The first kappa shape index (κ1) is 34.7. The van der Waals surface area contributed by atoms with Gasteiger partial charge in [0.2, 0.25) is 5.78 Å². The van der Waals surface area contributed by atoms with E-state index in [9.17, 15) is 9.90 Å². The second-order valence-electron chi connectivity index (χ2n) is 12.7. The van der Waals surface area contributed by atoms with Crippen molar-refractivity contribution in [3.05, 3.63) is 81.5 Å².